The Balaban J connectivity index is 1.64. The Morgan fingerprint density at radius 2 is 1.91 bits per heavy atom. The molecule has 0 spiro atoms. The van der Waals surface area contributed by atoms with E-state index in [1.54, 1.807) is 6.07 Å². The summed E-state index contributed by atoms with van der Waals surface area (Å²) >= 11 is 1.41. The Bertz CT molecular complexity index is 762. The molecule has 1 amide bonds. The lowest BCUT2D eigenvalue weighted by Gasteiger charge is -2.14. The summed E-state index contributed by atoms with van der Waals surface area (Å²) in [5.41, 5.74) is 0.906. The van der Waals surface area contributed by atoms with Gasteiger partial charge in [-0.2, -0.15) is 0 Å². The molecule has 0 bridgehead atoms. The maximum Gasteiger partial charge on any atom is 0.261 e. The molecule has 0 radical (unpaired) electrons. The third kappa shape index (κ3) is 3.18. The monoisotopic (exact) mass is 311 g/mol. The molecule has 0 saturated heterocycles. The van der Waals surface area contributed by atoms with Crippen molar-refractivity contribution < 1.29 is 9.90 Å². The van der Waals surface area contributed by atoms with E-state index in [1.165, 1.54) is 11.3 Å². The molecule has 1 aromatic heterocycles. The van der Waals surface area contributed by atoms with Crippen molar-refractivity contribution in [3.63, 3.8) is 0 Å². The summed E-state index contributed by atoms with van der Waals surface area (Å²) in [7, 11) is 0. The predicted octanol–water partition coefficient (Wildman–Crippen LogP) is 3.75. The second-order valence-corrected chi connectivity index (χ2v) is 6.05. The third-order valence-corrected chi connectivity index (χ3v) is 4.50. The first kappa shape index (κ1) is 14.8. The maximum absolute atomic E-state index is 11.9. The molecule has 3 rings (SSSR count). The van der Waals surface area contributed by atoms with Gasteiger partial charge in [-0.25, -0.2) is 0 Å². The van der Waals surface area contributed by atoms with Crippen LogP contribution < -0.4 is 5.32 Å². The van der Waals surface area contributed by atoms with E-state index in [0.717, 1.165) is 16.3 Å². The fourth-order valence-electron chi connectivity index (χ4n) is 2.51. The van der Waals surface area contributed by atoms with Gasteiger partial charge in [0.15, 0.2) is 0 Å². The molecule has 1 unspecified atom stereocenters. The maximum atomic E-state index is 11.9. The number of thiophene rings is 1. The number of carbonyl (C=O) groups excluding carboxylic acids is 1. The van der Waals surface area contributed by atoms with Crippen molar-refractivity contribution in [2.45, 2.75) is 12.5 Å². The van der Waals surface area contributed by atoms with Gasteiger partial charge in [-0.15, -0.1) is 11.3 Å². The molecule has 1 heterocycles. The Labute approximate surface area is 133 Å². The SMILES string of the molecule is O=C(NCCC(O)c1cccc2ccccc12)c1cccs1. The van der Waals surface area contributed by atoms with E-state index in [-0.39, 0.29) is 5.91 Å². The van der Waals surface area contributed by atoms with Crippen LogP contribution in [0.5, 0.6) is 0 Å². The number of fused-ring (bicyclic) bond motifs is 1. The molecule has 112 valence electrons. The van der Waals surface area contributed by atoms with Crippen molar-refractivity contribution in [3.05, 3.63) is 70.4 Å². The first-order chi connectivity index (χ1) is 10.8. The summed E-state index contributed by atoms with van der Waals surface area (Å²) < 4.78 is 0. The van der Waals surface area contributed by atoms with E-state index < -0.39 is 6.10 Å². The molecule has 2 N–H and O–H groups in total. The zero-order chi connectivity index (χ0) is 15.4. The zero-order valence-electron chi connectivity index (χ0n) is 12.0. The molecule has 2 aromatic carbocycles. The minimum atomic E-state index is -0.588. The number of aliphatic hydroxyl groups is 1. The average Bonchev–Trinajstić information content (AvgIpc) is 3.08. The normalized spacial score (nSPS) is 12.2. The Kier molecular flexibility index (Phi) is 4.51. The molecule has 1 atom stereocenters. The van der Waals surface area contributed by atoms with E-state index in [4.69, 9.17) is 0 Å². The molecule has 0 aliphatic rings. The minimum Gasteiger partial charge on any atom is -0.388 e. The predicted molar refractivity (Wildman–Crippen MR) is 90.2 cm³/mol. The second kappa shape index (κ2) is 6.73. The van der Waals surface area contributed by atoms with E-state index in [0.29, 0.717) is 17.8 Å². The third-order valence-electron chi connectivity index (χ3n) is 3.63. The Hall–Kier alpha value is -2.17. The highest BCUT2D eigenvalue weighted by Crippen LogP contribution is 2.25. The summed E-state index contributed by atoms with van der Waals surface area (Å²) in [4.78, 5) is 12.5. The minimum absolute atomic E-state index is 0.0832. The van der Waals surface area contributed by atoms with E-state index >= 15 is 0 Å². The van der Waals surface area contributed by atoms with Crippen LogP contribution in [0.4, 0.5) is 0 Å². The first-order valence-electron chi connectivity index (χ1n) is 7.23. The number of rotatable bonds is 5. The van der Waals surface area contributed by atoms with Crippen LogP contribution >= 0.6 is 11.3 Å². The van der Waals surface area contributed by atoms with E-state index in [1.807, 2.05) is 53.9 Å². The van der Waals surface area contributed by atoms with E-state index in [2.05, 4.69) is 5.32 Å². The number of benzene rings is 2. The lowest BCUT2D eigenvalue weighted by Crippen LogP contribution is -2.24. The van der Waals surface area contributed by atoms with Crippen LogP contribution in [0.2, 0.25) is 0 Å². The van der Waals surface area contributed by atoms with E-state index in [9.17, 15) is 9.90 Å². The fraction of sp³-hybridized carbons (Fsp3) is 0.167. The number of hydrogen-bond acceptors (Lipinski definition) is 3. The highest BCUT2D eigenvalue weighted by atomic mass is 32.1. The van der Waals surface area contributed by atoms with Gasteiger partial charge >= 0.3 is 0 Å². The van der Waals surface area contributed by atoms with Crippen LogP contribution in [0.1, 0.15) is 27.8 Å². The highest BCUT2D eigenvalue weighted by Gasteiger charge is 2.12. The van der Waals surface area contributed by atoms with Crippen molar-refractivity contribution in [3.8, 4) is 0 Å². The quantitative estimate of drug-likeness (QED) is 0.754. The summed E-state index contributed by atoms with van der Waals surface area (Å²) in [5, 5.41) is 17.3. The van der Waals surface area contributed by atoms with Gasteiger partial charge in [-0.05, 0) is 34.2 Å². The van der Waals surface area contributed by atoms with Crippen LogP contribution in [0.15, 0.2) is 60.0 Å². The Morgan fingerprint density at radius 3 is 2.73 bits per heavy atom. The molecule has 3 nitrogen and oxygen atoms in total. The van der Waals surface area contributed by atoms with Crippen molar-refractivity contribution >= 4 is 28.0 Å². The van der Waals surface area contributed by atoms with Crippen molar-refractivity contribution in [2.75, 3.05) is 6.54 Å². The number of aliphatic hydroxyl groups excluding tert-OH is 1. The topological polar surface area (TPSA) is 49.3 Å². The van der Waals surface area contributed by atoms with Crippen molar-refractivity contribution in [2.24, 2.45) is 0 Å². The number of carbonyl (C=O) groups is 1. The number of hydrogen-bond donors (Lipinski definition) is 2. The van der Waals surface area contributed by atoms with Gasteiger partial charge in [0.2, 0.25) is 0 Å². The number of nitrogens with one attached hydrogen (secondary N) is 1. The molecule has 0 aliphatic heterocycles. The Morgan fingerprint density at radius 1 is 1.09 bits per heavy atom. The molecular weight excluding hydrogens is 294 g/mol. The molecule has 3 aromatic rings. The van der Waals surface area contributed by atoms with Crippen molar-refractivity contribution in [1.29, 1.82) is 0 Å². The first-order valence-corrected chi connectivity index (χ1v) is 8.11. The van der Waals surface area contributed by atoms with Gasteiger partial charge in [0.05, 0.1) is 11.0 Å². The molecule has 4 heteroatoms. The van der Waals surface area contributed by atoms with Crippen LogP contribution in [-0.2, 0) is 0 Å². The second-order valence-electron chi connectivity index (χ2n) is 5.11. The average molecular weight is 311 g/mol. The van der Waals surface area contributed by atoms with Crippen LogP contribution in [0, 0.1) is 0 Å². The smallest absolute Gasteiger partial charge is 0.261 e. The molecule has 22 heavy (non-hydrogen) atoms. The molecular formula is C18H17NO2S. The summed E-state index contributed by atoms with van der Waals surface area (Å²) in [6, 6.07) is 17.6. The molecule has 0 saturated carbocycles. The fourth-order valence-corrected chi connectivity index (χ4v) is 3.15. The van der Waals surface area contributed by atoms with Crippen LogP contribution in [-0.4, -0.2) is 17.6 Å². The van der Waals surface area contributed by atoms with Crippen molar-refractivity contribution in [1.82, 2.24) is 5.32 Å². The number of amides is 1. The van der Waals surface area contributed by atoms with Gasteiger partial charge in [0.25, 0.3) is 5.91 Å². The molecule has 0 fully saturated rings. The summed E-state index contributed by atoms with van der Waals surface area (Å²) in [6.45, 7) is 0.446. The van der Waals surface area contributed by atoms with Gasteiger partial charge in [0, 0.05) is 6.54 Å². The van der Waals surface area contributed by atoms with Gasteiger partial charge in [-0.1, -0.05) is 48.5 Å². The van der Waals surface area contributed by atoms with Gasteiger partial charge in [-0.3, -0.25) is 4.79 Å². The standard InChI is InChI=1S/C18H17NO2S/c20-16(10-11-19-18(21)17-9-4-12-22-17)15-8-3-6-13-5-1-2-7-14(13)15/h1-9,12,16,20H,10-11H2,(H,19,21). The van der Waals surface area contributed by atoms with Gasteiger partial charge in [0.1, 0.15) is 0 Å². The summed E-state index contributed by atoms with van der Waals surface area (Å²) in [5.74, 6) is -0.0832. The van der Waals surface area contributed by atoms with Crippen LogP contribution in [0.3, 0.4) is 0 Å². The van der Waals surface area contributed by atoms with Crippen LogP contribution in [0.25, 0.3) is 10.8 Å². The highest BCUT2D eigenvalue weighted by molar-refractivity contribution is 7.12. The lowest BCUT2D eigenvalue weighted by molar-refractivity contribution is 0.0947. The lowest BCUT2D eigenvalue weighted by atomic mass is 9.99. The van der Waals surface area contributed by atoms with Gasteiger partial charge < -0.3 is 10.4 Å². The summed E-state index contributed by atoms with van der Waals surface area (Å²) in [6.07, 6.45) is -0.0970. The zero-order valence-corrected chi connectivity index (χ0v) is 12.8. The largest absolute Gasteiger partial charge is 0.388 e. The molecule has 0 aliphatic carbocycles.